The Hall–Kier alpha value is -2.15. The number of benzene rings is 1. The van der Waals surface area contributed by atoms with Gasteiger partial charge in [-0.1, -0.05) is 0 Å². The van der Waals surface area contributed by atoms with Gasteiger partial charge in [0.25, 0.3) is 0 Å². The highest BCUT2D eigenvalue weighted by molar-refractivity contribution is 5.90. The summed E-state index contributed by atoms with van der Waals surface area (Å²) in [5.74, 6) is -1.63. The molecular weight excluding hydrogens is 317 g/mol. The number of carboxylic acid groups (broad SMARTS) is 1. The van der Waals surface area contributed by atoms with Crippen molar-refractivity contribution in [1.29, 1.82) is 0 Å². The molecule has 2 N–H and O–H groups in total. The van der Waals surface area contributed by atoms with Crippen LogP contribution in [0.25, 0.3) is 0 Å². The highest BCUT2D eigenvalue weighted by Gasteiger charge is 2.44. The maximum absolute atomic E-state index is 13.8. The summed E-state index contributed by atoms with van der Waals surface area (Å²) in [4.78, 5) is 24.0. The summed E-state index contributed by atoms with van der Waals surface area (Å²) in [7, 11) is 0. The SMILES string of the molecule is CC(C)(C)OC(=O)Nc1ccc(F)cc1C1(C(=O)O)CCOCC1. The lowest BCUT2D eigenvalue weighted by Crippen LogP contribution is -2.42. The number of ether oxygens (including phenoxy) is 2. The van der Waals surface area contributed by atoms with Crippen molar-refractivity contribution in [2.24, 2.45) is 0 Å². The fourth-order valence-electron chi connectivity index (χ4n) is 2.75. The van der Waals surface area contributed by atoms with Crippen LogP contribution in [0.15, 0.2) is 18.2 Å². The second-order valence-corrected chi connectivity index (χ2v) is 6.82. The van der Waals surface area contributed by atoms with Gasteiger partial charge in [0.05, 0.1) is 5.41 Å². The quantitative estimate of drug-likeness (QED) is 0.882. The van der Waals surface area contributed by atoms with Crippen LogP contribution in [-0.2, 0) is 19.7 Å². The molecule has 1 aromatic rings. The predicted molar refractivity (Wildman–Crippen MR) is 85.6 cm³/mol. The molecule has 132 valence electrons. The number of anilines is 1. The molecule has 0 spiro atoms. The van der Waals surface area contributed by atoms with E-state index in [2.05, 4.69) is 5.32 Å². The molecule has 0 aromatic heterocycles. The van der Waals surface area contributed by atoms with Crippen LogP contribution in [0.1, 0.15) is 39.2 Å². The number of amides is 1. The highest BCUT2D eigenvalue weighted by Crippen LogP contribution is 2.39. The van der Waals surface area contributed by atoms with E-state index in [1.54, 1.807) is 20.8 Å². The average molecular weight is 339 g/mol. The van der Waals surface area contributed by atoms with Gasteiger partial charge in [0.2, 0.25) is 0 Å². The van der Waals surface area contributed by atoms with E-state index in [1.807, 2.05) is 0 Å². The van der Waals surface area contributed by atoms with Gasteiger partial charge in [-0.05, 0) is 57.4 Å². The zero-order valence-corrected chi connectivity index (χ0v) is 14.0. The number of carbonyl (C=O) groups is 2. The average Bonchev–Trinajstić information content (AvgIpc) is 2.47. The number of hydrogen-bond acceptors (Lipinski definition) is 4. The second kappa shape index (κ2) is 6.76. The Labute approximate surface area is 139 Å². The summed E-state index contributed by atoms with van der Waals surface area (Å²) in [6, 6.07) is 3.69. The molecule has 1 aliphatic rings. The van der Waals surface area contributed by atoms with E-state index < -0.39 is 28.9 Å². The minimum atomic E-state index is -1.30. The molecular formula is C17H22FNO5. The van der Waals surface area contributed by atoms with Crippen molar-refractivity contribution in [2.45, 2.75) is 44.6 Å². The lowest BCUT2D eigenvalue weighted by atomic mass is 9.73. The van der Waals surface area contributed by atoms with Crippen LogP contribution in [0.3, 0.4) is 0 Å². The van der Waals surface area contributed by atoms with Crippen LogP contribution in [0, 0.1) is 5.82 Å². The smallest absolute Gasteiger partial charge is 0.412 e. The van der Waals surface area contributed by atoms with Crippen molar-refractivity contribution in [2.75, 3.05) is 18.5 Å². The summed E-state index contributed by atoms with van der Waals surface area (Å²) in [6.45, 7) is 5.67. The first-order valence-electron chi connectivity index (χ1n) is 7.75. The molecule has 0 saturated carbocycles. The van der Waals surface area contributed by atoms with Gasteiger partial charge in [0, 0.05) is 18.9 Å². The molecule has 0 radical (unpaired) electrons. The van der Waals surface area contributed by atoms with Crippen LogP contribution in [0.4, 0.5) is 14.9 Å². The Morgan fingerprint density at radius 1 is 1.29 bits per heavy atom. The van der Waals surface area contributed by atoms with Gasteiger partial charge < -0.3 is 14.6 Å². The Bertz CT molecular complexity index is 632. The highest BCUT2D eigenvalue weighted by atomic mass is 19.1. The van der Waals surface area contributed by atoms with Crippen LogP contribution in [0.2, 0.25) is 0 Å². The van der Waals surface area contributed by atoms with Crippen molar-refractivity contribution in [3.63, 3.8) is 0 Å². The van der Waals surface area contributed by atoms with Gasteiger partial charge in [-0.25, -0.2) is 9.18 Å². The van der Waals surface area contributed by atoms with E-state index in [0.717, 1.165) is 6.07 Å². The predicted octanol–water partition coefficient (Wildman–Crippen LogP) is 3.31. The molecule has 0 aliphatic carbocycles. The van der Waals surface area contributed by atoms with Gasteiger partial charge in [0.15, 0.2) is 0 Å². The first kappa shape index (κ1) is 18.2. The van der Waals surface area contributed by atoms with E-state index in [4.69, 9.17) is 9.47 Å². The molecule has 2 rings (SSSR count). The number of carboxylic acids is 1. The van der Waals surface area contributed by atoms with E-state index in [0.29, 0.717) is 0 Å². The Kier molecular flexibility index (Phi) is 5.13. The first-order valence-corrected chi connectivity index (χ1v) is 7.75. The number of hydrogen-bond donors (Lipinski definition) is 2. The molecule has 1 fully saturated rings. The molecule has 7 heteroatoms. The maximum Gasteiger partial charge on any atom is 0.412 e. The Morgan fingerprint density at radius 3 is 2.46 bits per heavy atom. The van der Waals surface area contributed by atoms with Crippen LogP contribution >= 0.6 is 0 Å². The van der Waals surface area contributed by atoms with Gasteiger partial charge >= 0.3 is 12.1 Å². The van der Waals surface area contributed by atoms with Crippen molar-refractivity contribution >= 4 is 17.7 Å². The summed E-state index contributed by atoms with van der Waals surface area (Å²) >= 11 is 0. The van der Waals surface area contributed by atoms with Crippen LogP contribution in [0.5, 0.6) is 0 Å². The fraction of sp³-hybridized carbons (Fsp3) is 0.529. The Morgan fingerprint density at radius 2 is 1.92 bits per heavy atom. The van der Waals surface area contributed by atoms with Gasteiger partial charge in [-0.3, -0.25) is 10.1 Å². The summed E-state index contributed by atoms with van der Waals surface area (Å²) in [5, 5.41) is 12.3. The topological polar surface area (TPSA) is 84.9 Å². The van der Waals surface area contributed by atoms with Crippen LogP contribution in [-0.4, -0.2) is 36.0 Å². The normalized spacial score (nSPS) is 17.2. The minimum Gasteiger partial charge on any atom is -0.481 e. The summed E-state index contributed by atoms with van der Waals surface area (Å²) in [5.41, 5.74) is -1.54. The monoisotopic (exact) mass is 339 g/mol. The lowest BCUT2D eigenvalue weighted by molar-refractivity contribution is -0.147. The largest absolute Gasteiger partial charge is 0.481 e. The number of rotatable bonds is 3. The summed E-state index contributed by atoms with van der Waals surface area (Å²) in [6.07, 6.45) is -0.313. The number of carbonyl (C=O) groups excluding carboxylic acids is 1. The summed E-state index contributed by atoms with van der Waals surface area (Å²) < 4.78 is 24.2. The first-order chi connectivity index (χ1) is 11.1. The third-order valence-electron chi connectivity index (χ3n) is 3.89. The molecule has 1 heterocycles. The van der Waals surface area contributed by atoms with E-state index in [9.17, 15) is 19.1 Å². The van der Waals surface area contributed by atoms with Gasteiger partial charge in [-0.2, -0.15) is 0 Å². The number of aliphatic carboxylic acids is 1. The molecule has 0 atom stereocenters. The minimum absolute atomic E-state index is 0.203. The molecule has 24 heavy (non-hydrogen) atoms. The van der Waals surface area contributed by atoms with Crippen molar-refractivity contribution in [3.05, 3.63) is 29.6 Å². The fourth-order valence-corrected chi connectivity index (χ4v) is 2.75. The van der Waals surface area contributed by atoms with Gasteiger partial charge in [-0.15, -0.1) is 0 Å². The van der Waals surface area contributed by atoms with E-state index in [-0.39, 0.29) is 37.3 Å². The van der Waals surface area contributed by atoms with Gasteiger partial charge in [0.1, 0.15) is 11.4 Å². The molecule has 6 nitrogen and oxygen atoms in total. The number of nitrogens with one attached hydrogen (secondary N) is 1. The number of halogens is 1. The molecule has 1 amide bonds. The zero-order valence-electron chi connectivity index (χ0n) is 14.0. The van der Waals surface area contributed by atoms with E-state index >= 15 is 0 Å². The Balaban J connectivity index is 2.40. The molecule has 1 aliphatic heterocycles. The molecule has 0 bridgehead atoms. The van der Waals surface area contributed by atoms with Crippen LogP contribution < -0.4 is 5.32 Å². The standard InChI is InChI=1S/C17H22FNO5/c1-16(2,3)24-15(22)19-13-5-4-11(18)10-12(13)17(14(20)21)6-8-23-9-7-17/h4-5,10H,6-9H2,1-3H3,(H,19,22)(H,20,21). The molecule has 0 unspecified atom stereocenters. The van der Waals surface area contributed by atoms with Crippen molar-refractivity contribution in [1.82, 2.24) is 0 Å². The third-order valence-corrected chi connectivity index (χ3v) is 3.89. The van der Waals surface area contributed by atoms with E-state index in [1.165, 1.54) is 12.1 Å². The molecule has 1 aromatic carbocycles. The molecule has 1 saturated heterocycles. The zero-order chi connectivity index (χ0) is 18.0. The second-order valence-electron chi connectivity index (χ2n) is 6.82. The van der Waals surface area contributed by atoms with Crippen molar-refractivity contribution < 1.29 is 28.6 Å². The lowest BCUT2D eigenvalue weighted by Gasteiger charge is -2.35. The third kappa shape index (κ3) is 4.03. The maximum atomic E-state index is 13.8. The van der Waals surface area contributed by atoms with Crippen molar-refractivity contribution in [3.8, 4) is 0 Å².